The number of hydrogen-bond acceptors (Lipinski definition) is 7. The summed E-state index contributed by atoms with van der Waals surface area (Å²) < 4.78 is 16.6. The smallest absolute Gasteiger partial charge is 0.252 e. The molecule has 0 bridgehead atoms. The van der Waals surface area contributed by atoms with Gasteiger partial charge in [0.2, 0.25) is 0 Å². The summed E-state index contributed by atoms with van der Waals surface area (Å²) >= 11 is 0. The van der Waals surface area contributed by atoms with Crippen LogP contribution in [0, 0.1) is 0 Å². The molecule has 0 unspecified atom stereocenters. The van der Waals surface area contributed by atoms with E-state index in [0.717, 1.165) is 30.5 Å². The molecule has 0 spiro atoms. The maximum atomic E-state index is 10.4. The number of ether oxygens (including phenoxy) is 1. The minimum absolute atomic E-state index is 0.125. The Bertz CT molecular complexity index is 805. The van der Waals surface area contributed by atoms with Crippen molar-refractivity contribution in [3.8, 4) is 0 Å². The van der Waals surface area contributed by atoms with E-state index in [4.69, 9.17) is 13.7 Å². The summed E-state index contributed by atoms with van der Waals surface area (Å²) in [6.07, 6.45) is 0.233. The summed E-state index contributed by atoms with van der Waals surface area (Å²) in [6.45, 7) is 4.38. The Morgan fingerprint density at radius 2 is 2.20 bits per heavy atom. The second-order valence-corrected chi connectivity index (χ2v) is 6.31. The van der Waals surface area contributed by atoms with E-state index < -0.39 is 6.10 Å². The predicted octanol–water partition coefficient (Wildman–Crippen LogP) is 2.31. The van der Waals surface area contributed by atoms with E-state index in [9.17, 15) is 5.11 Å². The van der Waals surface area contributed by atoms with Gasteiger partial charge in [0, 0.05) is 31.4 Å². The van der Waals surface area contributed by atoms with Gasteiger partial charge in [-0.2, -0.15) is 4.98 Å². The number of aryl methyl sites for hydroxylation is 1. The van der Waals surface area contributed by atoms with Crippen LogP contribution < -0.4 is 0 Å². The van der Waals surface area contributed by atoms with E-state index in [1.54, 1.807) is 0 Å². The van der Waals surface area contributed by atoms with Crippen molar-refractivity contribution in [1.82, 2.24) is 15.0 Å². The summed E-state index contributed by atoms with van der Waals surface area (Å²) in [5.74, 6) is 1.81. The SMILES string of the molecule is CCc1noc(COC2CN(C[C@@H](O)c3cc4ccccc4o3)C2)n1. The van der Waals surface area contributed by atoms with Gasteiger partial charge in [0.25, 0.3) is 5.89 Å². The number of β-amino-alcohol motifs (C(OH)–C–C–N with tert-alkyl or cyclic N) is 1. The number of furan rings is 1. The number of aliphatic hydroxyl groups excluding tert-OH is 1. The van der Waals surface area contributed by atoms with Crippen LogP contribution in [-0.4, -0.2) is 45.9 Å². The van der Waals surface area contributed by atoms with Crippen LogP contribution in [0.2, 0.25) is 0 Å². The normalized spacial score (nSPS) is 17.0. The van der Waals surface area contributed by atoms with Crippen molar-refractivity contribution in [2.45, 2.75) is 32.2 Å². The van der Waals surface area contributed by atoms with E-state index in [2.05, 4.69) is 15.0 Å². The molecule has 1 aromatic carbocycles. The van der Waals surface area contributed by atoms with Gasteiger partial charge in [-0.25, -0.2) is 0 Å². The minimum atomic E-state index is -0.642. The molecule has 3 heterocycles. The summed E-state index contributed by atoms with van der Waals surface area (Å²) in [5.41, 5.74) is 0.798. The molecule has 2 aromatic heterocycles. The Balaban J connectivity index is 1.23. The topological polar surface area (TPSA) is 84.8 Å². The lowest BCUT2D eigenvalue weighted by atomic mass is 10.1. The molecule has 132 valence electrons. The Morgan fingerprint density at radius 3 is 2.96 bits per heavy atom. The quantitative estimate of drug-likeness (QED) is 0.704. The van der Waals surface area contributed by atoms with Crippen molar-refractivity contribution in [3.05, 3.63) is 47.8 Å². The number of fused-ring (bicyclic) bond motifs is 1. The number of hydrogen-bond donors (Lipinski definition) is 1. The first-order chi connectivity index (χ1) is 12.2. The van der Waals surface area contributed by atoms with Gasteiger partial charge >= 0.3 is 0 Å². The molecule has 1 N–H and O–H groups in total. The number of benzene rings is 1. The summed E-state index contributed by atoms with van der Waals surface area (Å²) in [5, 5.41) is 15.2. The number of nitrogens with zero attached hydrogens (tertiary/aromatic N) is 3. The fraction of sp³-hybridized carbons (Fsp3) is 0.444. The zero-order valence-corrected chi connectivity index (χ0v) is 14.1. The van der Waals surface area contributed by atoms with Crippen molar-refractivity contribution in [1.29, 1.82) is 0 Å². The third-order valence-electron chi connectivity index (χ3n) is 4.40. The molecule has 1 aliphatic heterocycles. The van der Waals surface area contributed by atoms with Gasteiger partial charge < -0.3 is 18.8 Å². The maximum Gasteiger partial charge on any atom is 0.252 e. The Morgan fingerprint density at radius 1 is 1.36 bits per heavy atom. The highest BCUT2D eigenvalue weighted by atomic mass is 16.5. The highest BCUT2D eigenvalue weighted by molar-refractivity contribution is 5.77. The maximum absolute atomic E-state index is 10.4. The molecule has 25 heavy (non-hydrogen) atoms. The van der Waals surface area contributed by atoms with Crippen LogP contribution in [0.25, 0.3) is 11.0 Å². The van der Waals surface area contributed by atoms with Gasteiger partial charge in [-0.15, -0.1) is 0 Å². The second-order valence-electron chi connectivity index (χ2n) is 6.31. The number of aromatic nitrogens is 2. The third kappa shape index (κ3) is 3.58. The molecule has 0 aliphatic carbocycles. The van der Waals surface area contributed by atoms with Crippen molar-refractivity contribution < 1.29 is 18.8 Å². The van der Waals surface area contributed by atoms with Gasteiger partial charge in [-0.1, -0.05) is 30.3 Å². The number of para-hydroxylation sites is 1. The molecule has 3 aromatic rings. The van der Waals surface area contributed by atoms with E-state index in [1.165, 1.54) is 0 Å². The molecule has 1 aliphatic rings. The Kier molecular flexibility index (Phi) is 4.52. The summed E-state index contributed by atoms with van der Waals surface area (Å²) in [7, 11) is 0. The van der Waals surface area contributed by atoms with Gasteiger partial charge in [0.05, 0.1) is 6.10 Å². The van der Waals surface area contributed by atoms with Crippen molar-refractivity contribution in [2.75, 3.05) is 19.6 Å². The number of aliphatic hydroxyl groups is 1. The van der Waals surface area contributed by atoms with Crippen LogP contribution in [0.3, 0.4) is 0 Å². The lowest BCUT2D eigenvalue weighted by Gasteiger charge is -2.39. The van der Waals surface area contributed by atoms with Crippen molar-refractivity contribution in [3.63, 3.8) is 0 Å². The zero-order valence-electron chi connectivity index (χ0n) is 14.1. The van der Waals surface area contributed by atoms with E-state index in [0.29, 0.717) is 30.6 Å². The molecule has 7 heteroatoms. The van der Waals surface area contributed by atoms with Gasteiger partial charge in [-0.3, -0.25) is 4.90 Å². The first-order valence-corrected chi connectivity index (χ1v) is 8.53. The van der Waals surface area contributed by atoms with E-state index >= 15 is 0 Å². The number of rotatable bonds is 7. The summed E-state index contributed by atoms with van der Waals surface area (Å²) in [6, 6.07) is 9.66. The fourth-order valence-electron chi connectivity index (χ4n) is 2.96. The molecule has 1 saturated heterocycles. The van der Waals surface area contributed by atoms with Crippen LogP contribution in [0.4, 0.5) is 0 Å². The fourth-order valence-corrected chi connectivity index (χ4v) is 2.96. The number of likely N-dealkylation sites (tertiary alicyclic amines) is 1. The molecule has 4 rings (SSSR count). The van der Waals surface area contributed by atoms with Crippen LogP contribution >= 0.6 is 0 Å². The van der Waals surface area contributed by atoms with E-state index in [-0.39, 0.29) is 6.10 Å². The Labute approximate surface area is 145 Å². The highest BCUT2D eigenvalue weighted by Crippen LogP contribution is 2.26. The highest BCUT2D eigenvalue weighted by Gasteiger charge is 2.30. The van der Waals surface area contributed by atoms with Crippen LogP contribution in [0.15, 0.2) is 39.3 Å². The molecule has 7 nitrogen and oxygen atoms in total. The zero-order chi connectivity index (χ0) is 17.2. The van der Waals surface area contributed by atoms with Crippen molar-refractivity contribution in [2.24, 2.45) is 0 Å². The van der Waals surface area contributed by atoms with Crippen molar-refractivity contribution >= 4 is 11.0 Å². The molecule has 0 radical (unpaired) electrons. The third-order valence-corrected chi connectivity index (χ3v) is 4.40. The Hall–Kier alpha value is -2.22. The standard InChI is InChI=1S/C18H21N3O4/c1-2-17-19-18(25-20-17)11-23-13-8-21(9-13)10-14(22)16-7-12-5-3-4-6-15(12)24-16/h3-7,13-14,22H,2,8-11H2,1H3/t14-/m1/s1. The first kappa shape index (κ1) is 16.3. The average Bonchev–Trinajstić information content (AvgIpc) is 3.22. The van der Waals surface area contributed by atoms with Crippen LogP contribution in [0.1, 0.15) is 30.5 Å². The van der Waals surface area contributed by atoms with Crippen LogP contribution in [0.5, 0.6) is 0 Å². The molecule has 1 atom stereocenters. The largest absolute Gasteiger partial charge is 0.458 e. The average molecular weight is 343 g/mol. The monoisotopic (exact) mass is 343 g/mol. The molecule has 0 amide bonds. The van der Waals surface area contributed by atoms with E-state index in [1.807, 2.05) is 37.3 Å². The molecular weight excluding hydrogens is 322 g/mol. The van der Waals surface area contributed by atoms with Gasteiger partial charge in [0.1, 0.15) is 24.1 Å². The lowest BCUT2D eigenvalue weighted by molar-refractivity contribution is -0.0813. The lowest BCUT2D eigenvalue weighted by Crippen LogP contribution is -2.53. The molecule has 0 saturated carbocycles. The van der Waals surface area contributed by atoms with Gasteiger partial charge in [0.15, 0.2) is 5.82 Å². The van der Waals surface area contributed by atoms with Gasteiger partial charge in [-0.05, 0) is 12.1 Å². The predicted molar refractivity (Wildman–Crippen MR) is 89.9 cm³/mol. The minimum Gasteiger partial charge on any atom is -0.458 e. The summed E-state index contributed by atoms with van der Waals surface area (Å²) in [4.78, 5) is 6.35. The first-order valence-electron chi connectivity index (χ1n) is 8.53. The second kappa shape index (κ2) is 6.95. The molecule has 1 fully saturated rings. The van der Waals surface area contributed by atoms with Crippen LogP contribution in [-0.2, 0) is 17.8 Å². The molecular formula is C18H21N3O4.